The summed E-state index contributed by atoms with van der Waals surface area (Å²) in [4.78, 5) is 45.2. The first kappa shape index (κ1) is 39.3. The molecule has 0 aliphatic rings. The van der Waals surface area contributed by atoms with E-state index < -0.39 is 0 Å². The number of rotatable bonds is 13. The van der Waals surface area contributed by atoms with E-state index in [-0.39, 0.29) is 71.8 Å². The normalized spacial score (nSPS) is 10.9. The van der Waals surface area contributed by atoms with E-state index in [1.165, 1.54) is 35.5 Å². The number of aliphatic hydroxyl groups is 5. The molecule has 0 aliphatic carbocycles. The second kappa shape index (κ2) is 24.2. The number of carbonyl (C=O) groups excluding carboxylic acids is 3. The van der Waals surface area contributed by atoms with E-state index >= 15 is 0 Å². The maximum absolute atomic E-state index is 10.5. The number of aliphatic hydroxyl groups excluding tert-OH is 5. The predicted octanol–water partition coefficient (Wildman–Crippen LogP) is 0.468. The fraction of sp³-hybridized carbons (Fsp3) is 0.571. The van der Waals surface area contributed by atoms with Gasteiger partial charge in [-0.1, -0.05) is 5.18 Å². The van der Waals surface area contributed by atoms with Crippen LogP contribution in [-0.4, -0.2) is 118 Å². The Balaban J connectivity index is -0.000000203. The zero-order valence-corrected chi connectivity index (χ0v) is 22.1. The molecule has 0 aliphatic heterocycles. The third kappa shape index (κ3) is 27.2. The summed E-state index contributed by atoms with van der Waals surface area (Å²) in [6.07, 6.45) is 3.30. The summed E-state index contributed by atoms with van der Waals surface area (Å²) in [5.41, 5.74) is 0. The van der Waals surface area contributed by atoms with Crippen LogP contribution in [0.4, 0.5) is 0 Å². The molecule has 0 saturated heterocycles. The van der Waals surface area contributed by atoms with Crippen molar-refractivity contribution in [1.29, 1.82) is 0 Å². The number of carbonyl (C=O) groups is 3. The van der Waals surface area contributed by atoms with E-state index in [1.54, 1.807) is 21.1 Å². The molecule has 0 fully saturated rings. The van der Waals surface area contributed by atoms with E-state index in [4.69, 9.17) is 25.5 Å². The predicted molar refractivity (Wildman–Crippen MR) is 127 cm³/mol. The minimum Gasteiger partial charge on any atom is -0.495 e. The summed E-state index contributed by atoms with van der Waals surface area (Å²) in [5, 5.41) is 46.8. The molecule has 0 radical (unpaired) electrons. The molecule has 0 amide bonds. The van der Waals surface area contributed by atoms with E-state index in [9.17, 15) is 19.3 Å². The average molecular weight is 546 g/mol. The van der Waals surface area contributed by atoms with Crippen LogP contribution in [0.5, 0.6) is 0 Å². The minimum absolute atomic E-state index is 0. The summed E-state index contributed by atoms with van der Waals surface area (Å²) in [6, 6.07) is 0. The van der Waals surface area contributed by atoms with Crippen LogP contribution in [0.3, 0.4) is 0 Å². The molecule has 0 rings (SSSR count). The Labute approximate surface area is 216 Å². The third-order valence-electron chi connectivity index (χ3n) is 3.57. The first-order chi connectivity index (χ1) is 15.7. The van der Waals surface area contributed by atoms with E-state index in [1.807, 2.05) is 0 Å². The second-order valence-electron chi connectivity index (χ2n) is 6.90. The van der Waals surface area contributed by atoms with Gasteiger partial charge in [-0.3, -0.25) is 14.4 Å². The Kier molecular flexibility index (Phi) is 27.2. The number of ketones is 3. The zero-order valence-electron chi connectivity index (χ0n) is 21.0. The monoisotopic (exact) mass is 546 g/mol. The molecule has 14 heteroatoms. The van der Waals surface area contributed by atoms with E-state index in [0.29, 0.717) is 19.6 Å². The molecule has 0 unspecified atom stereocenters. The van der Waals surface area contributed by atoms with Crippen LogP contribution in [0.25, 0.3) is 0 Å². The largest absolute Gasteiger partial charge is 0.495 e. The van der Waals surface area contributed by atoms with Crippen molar-refractivity contribution in [3.8, 4) is 0 Å². The van der Waals surface area contributed by atoms with Gasteiger partial charge in [-0.15, -0.1) is 0 Å². The number of hydrogen-bond acceptors (Lipinski definition) is 13. The summed E-state index contributed by atoms with van der Waals surface area (Å²) < 4.78 is 0. The average Bonchev–Trinajstić information content (AvgIpc) is 2.71. The molecule has 0 aromatic carbocycles. The van der Waals surface area contributed by atoms with Gasteiger partial charge in [0.1, 0.15) is 0 Å². The van der Waals surface area contributed by atoms with Crippen LogP contribution < -0.4 is 0 Å². The summed E-state index contributed by atoms with van der Waals surface area (Å²) in [6.45, 7) is 4.96. The first-order valence-corrected chi connectivity index (χ1v) is 10.1. The Bertz CT molecular complexity index is 690. The van der Waals surface area contributed by atoms with Crippen LogP contribution in [0.2, 0.25) is 0 Å². The maximum atomic E-state index is 10.5. The molecule has 0 spiro atoms. The van der Waals surface area contributed by atoms with Crippen molar-refractivity contribution in [3.63, 3.8) is 0 Å². The maximum Gasteiger partial charge on any atom is 0.190 e. The fourth-order valence-corrected chi connectivity index (χ4v) is 1.71. The molecule has 0 bridgehead atoms. The molecule has 204 valence electrons. The zero-order chi connectivity index (χ0) is 27.3. The van der Waals surface area contributed by atoms with Gasteiger partial charge < -0.3 is 40.2 Å². The second-order valence-corrected chi connectivity index (χ2v) is 6.90. The summed E-state index contributed by atoms with van der Waals surface area (Å²) in [7, 11) is 4.75. The molecule has 5 N–H and O–H groups in total. The van der Waals surface area contributed by atoms with Crippen LogP contribution >= 0.6 is 0 Å². The van der Waals surface area contributed by atoms with Gasteiger partial charge in [-0.2, -0.15) is 4.91 Å². The number of nitroso groups, excluding NO2 is 1. The molecule has 0 aromatic heterocycles. The first-order valence-electron chi connectivity index (χ1n) is 10.1. The Morgan fingerprint density at radius 2 is 0.914 bits per heavy atom. The number of hydrogen-bond donors (Lipinski definition) is 5. The quantitative estimate of drug-likeness (QED) is 0.0930. The summed E-state index contributed by atoms with van der Waals surface area (Å²) in [5.74, 6) is -1.05. The standard InChI is InChI=1S/C7H12N2O3.2C7H13NO3.Fe/c1-6(10)5-7(11)9(2)4-3-8-12;2*1-6(10)5-7(11)8(2)3-4-9;/h5,11H,3-4H2,1-2H3;2*5,9,11H,3-4H2,1-2H3;. The number of allylic oxidation sites excluding steroid dienone is 3. The minimum atomic E-state index is -0.238. The smallest absolute Gasteiger partial charge is 0.190 e. The summed E-state index contributed by atoms with van der Waals surface area (Å²) >= 11 is 0. The van der Waals surface area contributed by atoms with Crippen molar-refractivity contribution in [2.24, 2.45) is 5.18 Å². The third-order valence-corrected chi connectivity index (χ3v) is 3.57. The van der Waals surface area contributed by atoms with Gasteiger partial charge in [-0.05, 0) is 20.8 Å². The van der Waals surface area contributed by atoms with Crippen LogP contribution in [0, 0.1) is 4.91 Å². The molecule has 0 aromatic rings. The van der Waals surface area contributed by atoms with Crippen molar-refractivity contribution < 1.29 is 57.0 Å². The van der Waals surface area contributed by atoms with Crippen molar-refractivity contribution in [2.45, 2.75) is 20.8 Å². The van der Waals surface area contributed by atoms with Gasteiger partial charge in [0.05, 0.1) is 19.8 Å². The van der Waals surface area contributed by atoms with Gasteiger partial charge >= 0.3 is 0 Å². The molecule has 35 heavy (non-hydrogen) atoms. The molecule has 0 atom stereocenters. The van der Waals surface area contributed by atoms with Gasteiger partial charge in [0.15, 0.2) is 35.0 Å². The van der Waals surface area contributed by atoms with Gasteiger partial charge in [0.2, 0.25) is 0 Å². The van der Waals surface area contributed by atoms with Gasteiger partial charge in [-0.25, -0.2) is 0 Å². The molecule has 0 heterocycles. The molecule has 0 saturated carbocycles. The van der Waals surface area contributed by atoms with Crippen molar-refractivity contribution in [1.82, 2.24) is 14.7 Å². The molecular weight excluding hydrogens is 508 g/mol. The Morgan fingerprint density at radius 3 is 1.11 bits per heavy atom. The fourth-order valence-electron chi connectivity index (χ4n) is 1.71. The Morgan fingerprint density at radius 1 is 0.657 bits per heavy atom. The van der Waals surface area contributed by atoms with Crippen molar-refractivity contribution in [3.05, 3.63) is 40.8 Å². The van der Waals surface area contributed by atoms with Crippen molar-refractivity contribution >= 4 is 17.3 Å². The van der Waals surface area contributed by atoms with Crippen LogP contribution in [-0.2, 0) is 31.5 Å². The topological polar surface area (TPSA) is 192 Å². The molecule has 13 nitrogen and oxygen atoms in total. The van der Waals surface area contributed by atoms with Gasteiger partial charge in [0, 0.05) is 76.1 Å². The SMILES string of the molecule is CC(=O)C=C(O)N(C)CCN=O.CC(=O)C=C(O)N(C)CCO.CC(=O)C=C(O)N(C)CCO.[Fe]. The number of nitrogens with zero attached hydrogens (tertiary/aromatic N) is 4. The van der Waals surface area contributed by atoms with Crippen molar-refractivity contribution in [2.75, 3.05) is 60.5 Å². The number of likely N-dealkylation sites (N-methyl/N-ethyl adjacent to an activating group) is 3. The Hall–Kier alpha value is -2.93. The molecular formula is C21H38FeN4O9. The van der Waals surface area contributed by atoms with E-state index in [0.717, 1.165) is 18.2 Å². The van der Waals surface area contributed by atoms with Crippen LogP contribution in [0.1, 0.15) is 20.8 Å². The van der Waals surface area contributed by atoms with Gasteiger partial charge in [0.25, 0.3) is 0 Å². The van der Waals surface area contributed by atoms with E-state index in [2.05, 4.69) is 5.18 Å². The van der Waals surface area contributed by atoms with Crippen LogP contribution in [0.15, 0.2) is 41.1 Å².